The van der Waals surface area contributed by atoms with Crippen LogP contribution in [-0.4, -0.2) is 37.4 Å². The van der Waals surface area contributed by atoms with Gasteiger partial charge in [-0.15, -0.1) is 0 Å². The highest BCUT2D eigenvalue weighted by molar-refractivity contribution is 6.02. The van der Waals surface area contributed by atoms with Gasteiger partial charge in [-0.25, -0.2) is 0 Å². The largest absolute Gasteiger partial charge is 0.381 e. The Hall–Kier alpha value is -2.34. The SMILES string of the molecule is COC1CCN(c2ccc(NC(=O)c3ccno3)cc2)CC1. The predicted octanol–water partition coefficient (Wildman–Crippen LogP) is 2.54. The van der Waals surface area contributed by atoms with Crippen LogP contribution in [0.3, 0.4) is 0 Å². The predicted molar refractivity (Wildman–Crippen MR) is 83.1 cm³/mol. The van der Waals surface area contributed by atoms with Crippen molar-refractivity contribution in [2.45, 2.75) is 18.9 Å². The van der Waals surface area contributed by atoms with Gasteiger partial charge in [0.05, 0.1) is 12.3 Å². The van der Waals surface area contributed by atoms with Crippen molar-refractivity contribution in [3.8, 4) is 0 Å². The number of nitrogens with zero attached hydrogens (tertiary/aromatic N) is 2. The number of carbonyl (C=O) groups is 1. The van der Waals surface area contributed by atoms with Crippen LogP contribution in [0.1, 0.15) is 23.4 Å². The summed E-state index contributed by atoms with van der Waals surface area (Å²) in [5, 5.41) is 6.30. The highest BCUT2D eigenvalue weighted by atomic mass is 16.5. The van der Waals surface area contributed by atoms with Crippen molar-refractivity contribution >= 4 is 17.3 Å². The summed E-state index contributed by atoms with van der Waals surface area (Å²) in [6.07, 6.45) is 3.90. The van der Waals surface area contributed by atoms with Crippen LogP contribution in [0.5, 0.6) is 0 Å². The number of methoxy groups -OCH3 is 1. The Morgan fingerprint density at radius 2 is 2.00 bits per heavy atom. The van der Waals surface area contributed by atoms with Crippen molar-refractivity contribution in [3.05, 3.63) is 42.3 Å². The molecule has 1 fully saturated rings. The van der Waals surface area contributed by atoms with Gasteiger partial charge in [0.15, 0.2) is 0 Å². The summed E-state index contributed by atoms with van der Waals surface area (Å²) in [6.45, 7) is 1.98. The molecule has 0 aliphatic carbocycles. The Kier molecular flexibility index (Phi) is 4.39. The lowest BCUT2D eigenvalue weighted by molar-refractivity contribution is 0.0819. The van der Waals surface area contributed by atoms with Crippen LogP contribution < -0.4 is 10.2 Å². The van der Waals surface area contributed by atoms with Gasteiger partial charge in [-0.2, -0.15) is 0 Å². The lowest BCUT2D eigenvalue weighted by Gasteiger charge is -2.33. The van der Waals surface area contributed by atoms with Crippen LogP contribution in [0.4, 0.5) is 11.4 Å². The van der Waals surface area contributed by atoms with E-state index < -0.39 is 0 Å². The number of benzene rings is 1. The van der Waals surface area contributed by atoms with Gasteiger partial charge < -0.3 is 19.5 Å². The van der Waals surface area contributed by atoms with E-state index in [-0.39, 0.29) is 11.7 Å². The van der Waals surface area contributed by atoms with Crippen molar-refractivity contribution in [2.75, 3.05) is 30.4 Å². The molecule has 1 amide bonds. The first-order valence-corrected chi connectivity index (χ1v) is 7.36. The molecule has 6 heteroatoms. The summed E-state index contributed by atoms with van der Waals surface area (Å²) < 4.78 is 10.2. The molecule has 1 saturated heterocycles. The van der Waals surface area contributed by atoms with Gasteiger partial charge in [0.25, 0.3) is 5.91 Å². The molecular weight excluding hydrogens is 282 g/mol. The van der Waals surface area contributed by atoms with Gasteiger partial charge in [0, 0.05) is 37.6 Å². The summed E-state index contributed by atoms with van der Waals surface area (Å²) in [5.41, 5.74) is 1.89. The summed E-state index contributed by atoms with van der Waals surface area (Å²) >= 11 is 0. The van der Waals surface area contributed by atoms with E-state index >= 15 is 0 Å². The van der Waals surface area contributed by atoms with Crippen LogP contribution in [0, 0.1) is 0 Å². The second-order valence-electron chi connectivity index (χ2n) is 5.30. The Morgan fingerprint density at radius 1 is 1.27 bits per heavy atom. The Morgan fingerprint density at radius 3 is 2.59 bits per heavy atom. The molecule has 3 rings (SSSR count). The van der Waals surface area contributed by atoms with E-state index in [1.807, 2.05) is 24.3 Å². The molecule has 0 atom stereocenters. The molecule has 22 heavy (non-hydrogen) atoms. The zero-order valence-corrected chi connectivity index (χ0v) is 12.5. The fourth-order valence-corrected chi connectivity index (χ4v) is 2.63. The second kappa shape index (κ2) is 6.62. The third kappa shape index (κ3) is 3.28. The second-order valence-corrected chi connectivity index (χ2v) is 5.30. The molecule has 116 valence electrons. The maximum atomic E-state index is 11.9. The summed E-state index contributed by atoms with van der Waals surface area (Å²) in [6, 6.07) is 9.36. The first kappa shape index (κ1) is 14.6. The van der Waals surface area contributed by atoms with E-state index in [0.29, 0.717) is 6.10 Å². The van der Waals surface area contributed by atoms with Gasteiger partial charge in [0.2, 0.25) is 5.76 Å². The van der Waals surface area contributed by atoms with Crippen LogP contribution >= 0.6 is 0 Å². The number of hydrogen-bond acceptors (Lipinski definition) is 5. The summed E-state index contributed by atoms with van der Waals surface area (Å²) in [5.74, 6) is -0.100. The van der Waals surface area contributed by atoms with Crippen LogP contribution in [0.2, 0.25) is 0 Å². The highest BCUT2D eigenvalue weighted by Crippen LogP contribution is 2.23. The minimum Gasteiger partial charge on any atom is -0.381 e. The zero-order valence-electron chi connectivity index (χ0n) is 12.5. The van der Waals surface area contributed by atoms with Gasteiger partial charge in [-0.1, -0.05) is 5.16 Å². The smallest absolute Gasteiger partial charge is 0.294 e. The Balaban J connectivity index is 1.60. The standard InChI is InChI=1S/C16H19N3O3/c1-21-14-7-10-19(11-8-14)13-4-2-12(3-5-13)18-16(20)15-6-9-17-22-15/h2-6,9,14H,7-8,10-11H2,1H3,(H,18,20). The maximum absolute atomic E-state index is 11.9. The van der Waals surface area contributed by atoms with Crippen molar-refractivity contribution in [1.82, 2.24) is 5.16 Å². The number of amides is 1. The van der Waals surface area contributed by atoms with E-state index in [4.69, 9.17) is 9.26 Å². The molecule has 1 aliphatic heterocycles. The molecule has 1 aromatic heterocycles. The van der Waals surface area contributed by atoms with Crippen molar-refractivity contribution < 1.29 is 14.1 Å². The molecule has 1 aromatic carbocycles. The average Bonchev–Trinajstić information content (AvgIpc) is 3.10. The molecule has 2 heterocycles. The van der Waals surface area contributed by atoms with Gasteiger partial charge in [0.1, 0.15) is 0 Å². The highest BCUT2D eigenvalue weighted by Gasteiger charge is 2.18. The van der Waals surface area contributed by atoms with Gasteiger partial charge in [-0.05, 0) is 37.1 Å². The van der Waals surface area contributed by atoms with E-state index in [0.717, 1.165) is 37.3 Å². The number of hydrogen-bond donors (Lipinski definition) is 1. The van der Waals surface area contributed by atoms with Gasteiger partial charge >= 0.3 is 0 Å². The van der Waals surface area contributed by atoms with Crippen molar-refractivity contribution in [3.63, 3.8) is 0 Å². The molecule has 1 aliphatic rings. The van der Waals surface area contributed by atoms with Crippen molar-refractivity contribution in [1.29, 1.82) is 0 Å². The molecule has 2 aromatic rings. The molecule has 6 nitrogen and oxygen atoms in total. The molecule has 1 N–H and O–H groups in total. The lowest BCUT2D eigenvalue weighted by atomic mass is 10.1. The van der Waals surface area contributed by atoms with E-state index in [9.17, 15) is 4.79 Å². The molecule has 0 bridgehead atoms. The van der Waals surface area contributed by atoms with E-state index in [1.165, 1.54) is 12.3 Å². The monoisotopic (exact) mass is 301 g/mol. The molecular formula is C16H19N3O3. The van der Waals surface area contributed by atoms with Crippen LogP contribution in [0.15, 0.2) is 41.1 Å². The topological polar surface area (TPSA) is 67.6 Å². The average molecular weight is 301 g/mol. The Labute approximate surface area is 129 Å². The lowest BCUT2D eigenvalue weighted by Crippen LogP contribution is -2.36. The number of rotatable bonds is 4. The third-order valence-corrected chi connectivity index (χ3v) is 3.93. The number of piperidine rings is 1. The maximum Gasteiger partial charge on any atom is 0.294 e. The first-order valence-electron chi connectivity index (χ1n) is 7.36. The third-order valence-electron chi connectivity index (χ3n) is 3.93. The molecule has 0 saturated carbocycles. The number of nitrogens with one attached hydrogen (secondary N) is 1. The van der Waals surface area contributed by atoms with Crippen LogP contribution in [0.25, 0.3) is 0 Å². The number of ether oxygens (including phenoxy) is 1. The molecule has 0 unspecified atom stereocenters. The van der Waals surface area contributed by atoms with Crippen molar-refractivity contribution in [2.24, 2.45) is 0 Å². The summed E-state index contributed by atoms with van der Waals surface area (Å²) in [4.78, 5) is 14.2. The minimum absolute atomic E-state index is 0.200. The van der Waals surface area contributed by atoms with Gasteiger partial charge in [-0.3, -0.25) is 4.79 Å². The van der Waals surface area contributed by atoms with E-state index in [2.05, 4.69) is 15.4 Å². The first-order chi connectivity index (χ1) is 10.8. The quantitative estimate of drug-likeness (QED) is 0.940. The molecule has 0 spiro atoms. The Bertz CT molecular complexity index is 602. The van der Waals surface area contributed by atoms with Crippen LogP contribution in [-0.2, 0) is 4.74 Å². The summed E-state index contributed by atoms with van der Waals surface area (Å²) in [7, 11) is 1.77. The number of carbonyl (C=O) groups excluding carboxylic acids is 1. The fraction of sp³-hybridized carbons (Fsp3) is 0.375. The molecule has 0 radical (unpaired) electrons. The minimum atomic E-state index is -0.300. The number of anilines is 2. The zero-order chi connectivity index (χ0) is 15.4. The fourth-order valence-electron chi connectivity index (χ4n) is 2.63. The number of aromatic nitrogens is 1. The normalized spacial score (nSPS) is 15.8. The van der Waals surface area contributed by atoms with E-state index in [1.54, 1.807) is 7.11 Å².